The normalized spacial score (nSPS) is 10.9. The van der Waals surface area contributed by atoms with Gasteiger partial charge >= 0.3 is 0 Å². The van der Waals surface area contributed by atoms with Crippen molar-refractivity contribution in [2.75, 3.05) is 5.32 Å². The van der Waals surface area contributed by atoms with E-state index in [2.05, 4.69) is 5.32 Å². The van der Waals surface area contributed by atoms with Gasteiger partial charge in [-0.1, -0.05) is 29.8 Å². The number of nitrogens with one attached hydrogen (secondary N) is 1. The molecule has 0 aliphatic carbocycles. The van der Waals surface area contributed by atoms with Gasteiger partial charge in [0, 0.05) is 23.3 Å². The number of aromatic nitrogens is 2. The molecule has 0 saturated heterocycles. The zero-order chi connectivity index (χ0) is 21.3. The number of benzene rings is 2. The number of carbonyl (C=O) groups is 1. The summed E-state index contributed by atoms with van der Waals surface area (Å²) in [4.78, 5) is 16.6. The number of thiazole rings is 1. The summed E-state index contributed by atoms with van der Waals surface area (Å²) < 4.78 is 15.3. The average Bonchev–Trinajstić information content (AvgIpc) is 3.30. The van der Waals surface area contributed by atoms with Gasteiger partial charge in [-0.2, -0.15) is 0 Å². The number of primary amides is 1. The van der Waals surface area contributed by atoms with Crippen molar-refractivity contribution in [3.63, 3.8) is 0 Å². The molecule has 0 radical (unpaired) electrons. The molecule has 0 bridgehead atoms. The van der Waals surface area contributed by atoms with Crippen LogP contribution in [0.15, 0.2) is 60.0 Å². The first-order valence-electron chi connectivity index (χ1n) is 9.44. The van der Waals surface area contributed by atoms with Crippen molar-refractivity contribution < 1.29 is 9.18 Å². The van der Waals surface area contributed by atoms with Crippen LogP contribution in [0.25, 0.3) is 11.4 Å². The maximum absolute atomic E-state index is 13.3. The van der Waals surface area contributed by atoms with Gasteiger partial charge in [-0.15, -0.1) is 11.3 Å². The first kappa shape index (κ1) is 19.8. The van der Waals surface area contributed by atoms with Gasteiger partial charge in [0.05, 0.1) is 17.0 Å². The van der Waals surface area contributed by atoms with E-state index < -0.39 is 5.91 Å². The minimum absolute atomic E-state index is 0.285. The number of aryl methyl sites for hydroxylation is 1. The Morgan fingerprint density at radius 1 is 1.13 bits per heavy atom. The Labute approximate surface area is 178 Å². The molecule has 0 fully saturated rings. The summed E-state index contributed by atoms with van der Waals surface area (Å²) in [5.74, 6) is -0.771. The van der Waals surface area contributed by atoms with Crippen LogP contribution in [0.3, 0.4) is 0 Å². The Bertz CT molecular complexity index is 1190. The zero-order valence-corrected chi connectivity index (χ0v) is 17.5. The summed E-state index contributed by atoms with van der Waals surface area (Å²) >= 11 is 1.48. The smallest absolute Gasteiger partial charge is 0.250 e. The fourth-order valence-corrected chi connectivity index (χ4v) is 4.02. The quantitative estimate of drug-likeness (QED) is 0.447. The summed E-state index contributed by atoms with van der Waals surface area (Å²) in [5.41, 5.74) is 11.4. The molecular weight excluding hydrogens is 399 g/mol. The third kappa shape index (κ3) is 4.11. The lowest BCUT2D eigenvalue weighted by Crippen LogP contribution is -2.12. The number of nitrogens with zero attached hydrogens (tertiary/aromatic N) is 2. The molecule has 30 heavy (non-hydrogen) atoms. The van der Waals surface area contributed by atoms with E-state index in [1.807, 2.05) is 48.1 Å². The van der Waals surface area contributed by atoms with Crippen molar-refractivity contribution in [2.45, 2.75) is 20.4 Å². The fraction of sp³-hybridized carbons (Fsp3) is 0.130. The molecule has 0 saturated carbocycles. The van der Waals surface area contributed by atoms with Gasteiger partial charge in [0.25, 0.3) is 5.91 Å². The number of anilines is 2. The van der Waals surface area contributed by atoms with Gasteiger partial charge in [0.1, 0.15) is 5.82 Å². The highest BCUT2D eigenvalue weighted by Crippen LogP contribution is 2.31. The first-order chi connectivity index (χ1) is 14.4. The number of hydrogen-bond donors (Lipinski definition) is 2. The molecule has 0 spiro atoms. The van der Waals surface area contributed by atoms with Gasteiger partial charge in [-0.3, -0.25) is 4.79 Å². The highest BCUT2D eigenvalue weighted by atomic mass is 32.1. The molecule has 2 heterocycles. The van der Waals surface area contributed by atoms with Gasteiger partial charge in [0.15, 0.2) is 5.13 Å². The van der Waals surface area contributed by atoms with Crippen LogP contribution in [-0.2, 0) is 6.54 Å². The van der Waals surface area contributed by atoms with Crippen molar-refractivity contribution in [3.05, 3.63) is 88.2 Å². The molecule has 7 heteroatoms. The van der Waals surface area contributed by atoms with E-state index >= 15 is 0 Å². The van der Waals surface area contributed by atoms with Gasteiger partial charge in [-0.05, 0) is 49.7 Å². The van der Waals surface area contributed by atoms with Crippen LogP contribution in [-0.4, -0.2) is 15.5 Å². The second-order valence-corrected chi connectivity index (χ2v) is 7.99. The maximum atomic E-state index is 13.3. The third-order valence-corrected chi connectivity index (χ3v) is 5.71. The highest BCUT2D eigenvalue weighted by molar-refractivity contribution is 7.14. The number of carbonyl (C=O) groups excluding carboxylic acids is 1. The lowest BCUT2D eigenvalue weighted by atomic mass is 10.2. The van der Waals surface area contributed by atoms with E-state index in [1.165, 1.54) is 29.0 Å². The second kappa shape index (κ2) is 8.12. The number of amides is 1. The Hall–Kier alpha value is -3.45. The molecule has 0 aliphatic heterocycles. The Kier molecular flexibility index (Phi) is 5.37. The van der Waals surface area contributed by atoms with E-state index in [4.69, 9.17) is 10.7 Å². The van der Waals surface area contributed by atoms with Crippen LogP contribution in [0.5, 0.6) is 0 Å². The van der Waals surface area contributed by atoms with Crippen molar-refractivity contribution >= 4 is 28.1 Å². The van der Waals surface area contributed by atoms with E-state index in [0.29, 0.717) is 12.1 Å². The monoisotopic (exact) mass is 420 g/mol. The topological polar surface area (TPSA) is 72.9 Å². The SMILES string of the molecule is Cc1ccc(Nc2nc(-c3cc(C(N)=O)c(C)n3Cc3ccc(F)cc3)cs2)cc1. The van der Waals surface area contributed by atoms with Crippen LogP contribution < -0.4 is 11.1 Å². The van der Waals surface area contributed by atoms with Crippen molar-refractivity contribution in [3.8, 4) is 11.4 Å². The highest BCUT2D eigenvalue weighted by Gasteiger charge is 2.19. The fourth-order valence-electron chi connectivity index (χ4n) is 3.29. The molecule has 2 aromatic carbocycles. The molecule has 1 amide bonds. The Morgan fingerprint density at radius 3 is 2.50 bits per heavy atom. The number of hydrogen-bond acceptors (Lipinski definition) is 4. The lowest BCUT2D eigenvalue weighted by molar-refractivity contribution is 0.0999. The van der Waals surface area contributed by atoms with Gasteiger partial charge in [0.2, 0.25) is 0 Å². The summed E-state index contributed by atoms with van der Waals surface area (Å²) in [6.07, 6.45) is 0. The molecule has 0 atom stereocenters. The minimum Gasteiger partial charge on any atom is -0.366 e. The number of halogens is 1. The third-order valence-electron chi connectivity index (χ3n) is 4.96. The lowest BCUT2D eigenvalue weighted by Gasteiger charge is -2.11. The predicted molar refractivity (Wildman–Crippen MR) is 119 cm³/mol. The molecule has 3 N–H and O–H groups in total. The van der Waals surface area contributed by atoms with Crippen LogP contribution in [0, 0.1) is 19.7 Å². The largest absolute Gasteiger partial charge is 0.366 e. The summed E-state index contributed by atoms with van der Waals surface area (Å²) in [6, 6.07) is 16.2. The number of nitrogens with two attached hydrogens (primary N) is 1. The second-order valence-electron chi connectivity index (χ2n) is 7.13. The van der Waals surface area contributed by atoms with E-state index in [9.17, 15) is 9.18 Å². The summed E-state index contributed by atoms with van der Waals surface area (Å²) in [6.45, 7) is 4.37. The van der Waals surface area contributed by atoms with E-state index in [1.54, 1.807) is 18.2 Å². The Morgan fingerprint density at radius 2 is 1.83 bits per heavy atom. The van der Waals surface area contributed by atoms with Gasteiger partial charge in [-0.25, -0.2) is 9.37 Å². The van der Waals surface area contributed by atoms with Crippen molar-refractivity contribution in [1.82, 2.24) is 9.55 Å². The molecule has 4 rings (SSSR count). The standard InChI is InChI=1S/C23H21FN4OS/c1-14-3-9-18(10-4-14)26-23-27-20(13-30-23)21-11-19(22(25)29)15(2)28(21)12-16-5-7-17(24)8-6-16/h3-11,13H,12H2,1-2H3,(H2,25,29)(H,26,27). The van der Waals surface area contributed by atoms with Crippen molar-refractivity contribution in [1.29, 1.82) is 0 Å². The molecular formula is C23H21FN4OS. The molecule has 4 aromatic rings. The van der Waals surface area contributed by atoms with Crippen LogP contribution in [0.4, 0.5) is 15.2 Å². The number of rotatable bonds is 6. The summed E-state index contributed by atoms with van der Waals surface area (Å²) in [5, 5.41) is 6.00. The molecule has 0 unspecified atom stereocenters. The van der Waals surface area contributed by atoms with Crippen molar-refractivity contribution in [2.24, 2.45) is 5.73 Å². The average molecular weight is 421 g/mol. The minimum atomic E-state index is -0.486. The maximum Gasteiger partial charge on any atom is 0.250 e. The Balaban J connectivity index is 1.68. The molecule has 5 nitrogen and oxygen atoms in total. The van der Waals surface area contributed by atoms with Crippen LogP contribution in [0.2, 0.25) is 0 Å². The zero-order valence-electron chi connectivity index (χ0n) is 16.6. The molecule has 152 valence electrons. The van der Waals surface area contributed by atoms with Gasteiger partial charge < -0.3 is 15.6 Å². The molecule has 2 aromatic heterocycles. The summed E-state index contributed by atoms with van der Waals surface area (Å²) in [7, 11) is 0. The van der Waals surface area contributed by atoms with Crippen LogP contribution in [0.1, 0.15) is 27.2 Å². The van der Waals surface area contributed by atoms with E-state index in [-0.39, 0.29) is 5.82 Å². The predicted octanol–water partition coefficient (Wildman–Crippen LogP) is 5.26. The first-order valence-corrected chi connectivity index (χ1v) is 10.3. The van der Waals surface area contributed by atoms with E-state index in [0.717, 1.165) is 33.5 Å². The molecule has 0 aliphatic rings. The van der Waals surface area contributed by atoms with Crippen LogP contribution >= 0.6 is 11.3 Å².